The van der Waals surface area contributed by atoms with E-state index in [9.17, 15) is 14.4 Å². The topological polar surface area (TPSA) is 78.5 Å². The molecule has 2 N–H and O–H groups in total. The minimum absolute atomic E-state index is 0.0348. The molecule has 1 saturated heterocycles. The van der Waals surface area contributed by atoms with E-state index in [2.05, 4.69) is 10.6 Å². The number of carbonyl (C=O) groups excluding carboxylic acids is 3. The number of nitrogens with zero attached hydrogens (tertiary/aromatic N) is 1. The number of carbonyl (C=O) groups is 3. The van der Waals surface area contributed by atoms with Crippen molar-refractivity contribution < 1.29 is 14.4 Å². The Morgan fingerprint density at radius 3 is 2.46 bits per heavy atom. The summed E-state index contributed by atoms with van der Waals surface area (Å²) in [5.41, 5.74) is 2.78. The predicted octanol–water partition coefficient (Wildman–Crippen LogP) is 3.41. The van der Waals surface area contributed by atoms with E-state index in [4.69, 9.17) is 0 Å². The van der Waals surface area contributed by atoms with E-state index >= 15 is 0 Å². The Morgan fingerprint density at radius 1 is 1.00 bits per heavy atom. The van der Waals surface area contributed by atoms with Crippen LogP contribution in [0.15, 0.2) is 48.5 Å². The zero-order chi connectivity index (χ0) is 19.5. The first-order valence-electron chi connectivity index (χ1n) is 9.67. The van der Waals surface area contributed by atoms with Crippen molar-refractivity contribution in [2.24, 2.45) is 5.92 Å². The summed E-state index contributed by atoms with van der Waals surface area (Å²) in [7, 11) is 0. The molecule has 0 aromatic heterocycles. The van der Waals surface area contributed by atoms with Crippen LogP contribution in [0.3, 0.4) is 0 Å². The fourth-order valence-corrected chi connectivity index (χ4v) is 3.37. The molecule has 6 nitrogen and oxygen atoms in total. The highest BCUT2D eigenvalue weighted by Crippen LogP contribution is 2.30. The normalized spacial score (nSPS) is 16.1. The third-order valence-electron chi connectivity index (χ3n) is 5.07. The van der Waals surface area contributed by atoms with Crippen LogP contribution in [0.1, 0.15) is 41.6 Å². The molecule has 3 amide bonds. The van der Waals surface area contributed by atoms with E-state index in [1.54, 1.807) is 24.3 Å². The highest BCUT2D eigenvalue weighted by Gasteiger charge is 2.29. The second-order valence-electron chi connectivity index (χ2n) is 7.42. The number of benzene rings is 2. The van der Waals surface area contributed by atoms with Crippen molar-refractivity contribution in [3.05, 3.63) is 59.7 Å². The van der Waals surface area contributed by atoms with E-state index < -0.39 is 0 Å². The van der Waals surface area contributed by atoms with Gasteiger partial charge in [-0.15, -0.1) is 0 Å². The molecule has 2 fully saturated rings. The molecule has 0 atom stereocenters. The maximum Gasteiger partial charge on any atom is 0.255 e. The average Bonchev–Trinajstić information content (AvgIpc) is 3.46. The van der Waals surface area contributed by atoms with E-state index in [0.717, 1.165) is 31.4 Å². The summed E-state index contributed by atoms with van der Waals surface area (Å²) in [5, 5.41) is 5.76. The van der Waals surface area contributed by atoms with E-state index in [1.165, 1.54) is 0 Å². The number of amides is 3. The monoisotopic (exact) mass is 377 g/mol. The zero-order valence-corrected chi connectivity index (χ0v) is 15.6. The second kappa shape index (κ2) is 7.84. The first kappa shape index (κ1) is 18.2. The molecular formula is C22H23N3O3. The van der Waals surface area contributed by atoms with Crippen molar-refractivity contribution in [3.8, 4) is 0 Å². The first-order chi connectivity index (χ1) is 13.6. The van der Waals surface area contributed by atoms with E-state index in [1.807, 2.05) is 29.2 Å². The second-order valence-corrected chi connectivity index (χ2v) is 7.42. The van der Waals surface area contributed by atoms with Crippen LogP contribution in [0.4, 0.5) is 11.4 Å². The lowest BCUT2D eigenvalue weighted by Gasteiger charge is -2.16. The Morgan fingerprint density at radius 2 is 1.75 bits per heavy atom. The summed E-state index contributed by atoms with van der Waals surface area (Å²) >= 11 is 0. The number of anilines is 2. The van der Waals surface area contributed by atoms with Gasteiger partial charge in [-0.1, -0.05) is 18.2 Å². The molecule has 2 aliphatic rings. The Hall–Kier alpha value is -3.15. The molecule has 4 rings (SSSR count). The van der Waals surface area contributed by atoms with Crippen LogP contribution < -0.4 is 10.6 Å². The van der Waals surface area contributed by atoms with Gasteiger partial charge in [-0.25, -0.2) is 0 Å². The molecule has 0 spiro atoms. The van der Waals surface area contributed by atoms with Gasteiger partial charge in [0.15, 0.2) is 0 Å². The Balaban J connectivity index is 1.41. The molecule has 1 saturated carbocycles. The van der Waals surface area contributed by atoms with Gasteiger partial charge in [0.05, 0.1) is 0 Å². The van der Waals surface area contributed by atoms with Crippen LogP contribution in [-0.4, -0.2) is 29.2 Å². The van der Waals surface area contributed by atoms with Crippen molar-refractivity contribution in [2.45, 2.75) is 32.2 Å². The lowest BCUT2D eigenvalue weighted by Crippen LogP contribution is -2.24. The lowest BCUT2D eigenvalue weighted by atomic mass is 10.1. The molecule has 2 aromatic carbocycles. The van der Waals surface area contributed by atoms with Gasteiger partial charge in [0.1, 0.15) is 0 Å². The number of hydrogen-bond acceptors (Lipinski definition) is 3. The zero-order valence-electron chi connectivity index (χ0n) is 15.6. The molecule has 0 bridgehead atoms. The maximum atomic E-state index is 12.6. The summed E-state index contributed by atoms with van der Waals surface area (Å²) in [4.78, 5) is 38.2. The van der Waals surface area contributed by atoms with Gasteiger partial charge in [-0.2, -0.15) is 0 Å². The van der Waals surface area contributed by atoms with Crippen LogP contribution in [0, 0.1) is 5.92 Å². The number of nitrogens with one attached hydrogen (secondary N) is 2. The van der Waals surface area contributed by atoms with Gasteiger partial charge in [0.2, 0.25) is 11.8 Å². The molecule has 28 heavy (non-hydrogen) atoms. The maximum absolute atomic E-state index is 12.6. The van der Waals surface area contributed by atoms with Crippen LogP contribution in [0.5, 0.6) is 0 Å². The molecule has 6 heteroatoms. The molecule has 144 valence electrons. The summed E-state index contributed by atoms with van der Waals surface area (Å²) in [6, 6.07) is 14.5. The van der Waals surface area contributed by atoms with Crippen LogP contribution in [0.25, 0.3) is 0 Å². The minimum atomic E-state index is -0.222. The molecule has 1 heterocycles. The molecular weight excluding hydrogens is 354 g/mol. The van der Waals surface area contributed by atoms with Gasteiger partial charge < -0.3 is 15.5 Å². The largest absolute Gasteiger partial charge is 0.338 e. The predicted molar refractivity (Wildman–Crippen MR) is 107 cm³/mol. The lowest BCUT2D eigenvalue weighted by molar-refractivity contribution is -0.128. The van der Waals surface area contributed by atoms with Gasteiger partial charge in [-0.3, -0.25) is 14.4 Å². The van der Waals surface area contributed by atoms with Crippen molar-refractivity contribution in [1.82, 2.24) is 4.90 Å². The smallest absolute Gasteiger partial charge is 0.255 e. The van der Waals surface area contributed by atoms with Crippen LogP contribution in [-0.2, 0) is 16.1 Å². The fourth-order valence-electron chi connectivity index (χ4n) is 3.37. The molecule has 1 aliphatic heterocycles. The quantitative estimate of drug-likeness (QED) is 0.810. The highest BCUT2D eigenvalue weighted by molar-refractivity contribution is 6.05. The van der Waals surface area contributed by atoms with Gasteiger partial charge in [-0.05, 0) is 55.2 Å². The van der Waals surface area contributed by atoms with Gasteiger partial charge >= 0.3 is 0 Å². The molecule has 2 aromatic rings. The summed E-state index contributed by atoms with van der Waals surface area (Å²) < 4.78 is 0. The van der Waals surface area contributed by atoms with Crippen molar-refractivity contribution in [1.29, 1.82) is 0 Å². The Bertz CT molecular complexity index is 921. The fraction of sp³-hybridized carbons (Fsp3) is 0.318. The number of hydrogen-bond donors (Lipinski definition) is 2. The number of likely N-dealkylation sites (tertiary alicyclic amines) is 1. The van der Waals surface area contributed by atoms with Crippen LogP contribution >= 0.6 is 0 Å². The minimum Gasteiger partial charge on any atom is -0.338 e. The van der Waals surface area contributed by atoms with Gasteiger partial charge in [0.25, 0.3) is 5.91 Å². The SMILES string of the molecule is O=C(Nc1cccc(NC(=O)C2CC2)c1)c1cccc(CN2CCCC2=O)c1. The number of rotatable bonds is 6. The molecule has 0 unspecified atom stereocenters. The van der Waals surface area contributed by atoms with E-state index in [-0.39, 0.29) is 23.6 Å². The molecule has 0 radical (unpaired) electrons. The van der Waals surface area contributed by atoms with Crippen molar-refractivity contribution in [3.63, 3.8) is 0 Å². The third kappa shape index (κ3) is 4.39. The Labute approximate surface area is 163 Å². The standard InChI is InChI=1S/C22H23N3O3/c26-20-8-3-11-25(20)14-15-4-1-5-17(12-15)22(28)24-19-7-2-6-18(13-19)23-21(27)16-9-10-16/h1-2,4-7,12-13,16H,3,8-11,14H2,(H,23,27)(H,24,28). The van der Waals surface area contributed by atoms with Crippen molar-refractivity contribution in [2.75, 3.05) is 17.2 Å². The summed E-state index contributed by atoms with van der Waals surface area (Å²) in [5.74, 6) is 0.108. The molecule has 1 aliphatic carbocycles. The van der Waals surface area contributed by atoms with Crippen molar-refractivity contribution >= 4 is 29.1 Å². The summed E-state index contributed by atoms with van der Waals surface area (Å²) in [6.07, 6.45) is 3.39. The average molecular weight is 377 g/mol. The highest BCUT2D eigenvalue weighted by atomic mass is 16.2. The van der Waals surface area contributed by atoms with Gasteiger partial charge in [0, 0.05) is 42.4 Å². The third-order valence-corrected chi connectivity index (χ3v) is 5.07. The Kier molecular flexibility index (Phi) is 5.10. The summed E-state index contributed by atoms with van der Waals surface area (Å²) in [6.45, 7) is 1.30. The first-order valence-corrected chi connectivity index (χ1v) is 9.67. The van der Waals surface area contributed by atoms with E-state index in [0.29, 0.717) is 29.9 Å². The van der Waals surface area contributed by atoms with Crippen LogP contribution in [0.2, 0.25) is 0 Å².